The zero-order chi connectivity index (χ0) is 35.8. The molecule has 3 aliphatic heterocycles. The highest BCUT2D eigenvalue weighted by Crippen LogP contribution is 2.67. The van der Waals surface area contributed by atoms with E-state index >= 15 is 0 Å². The summed E-state index contributed by atoms with van der Waals surface area (Å²) in [5.74, 6) is 5.07. The van der Waals surface area contributed by atoms with Gasteiger partial charge in [-0.25, -0.2) is 9.97 Å². The minimum atomic E-state index is 0.627. The first-order chi connectivity index (χ1) is 27.2. The number of aromatic nitrogens is 3. The topological polar surface area (TPSA) is 61.6 Å². The van der Waals surface area contributed by atoms with Crippen LogP contribution in [0.5, 0.6) is 34.5 Å². The number of hydrogen-bond donors (Lipinski definition) is 0. The zero-order valence-electron chi connectivity index (χ0n) is 29.0. The van der Waals surface area contributed by atoms with E-state index in [4.69, 9.17) is 24.2 Å². The Hall–Kier alpha value is -7.64. The second-order valence-corrected chi connectivity index (χ2v) is 14.2. The molecule has 0 bridgehead atoms. The van der Waals surface area contributed by atoms with Gasteiger partial charge in [-0.3, -0.25) is 9.47 Å². The van der Waals surface area contributed by atoms with Gasteiger partial charge in [-0.05, 0) is 82.6 Å². The van der Waals surface area contributed by atoms with Crippen LogP contribution in [0.1, 0.15) is 0 Å². The highest BCUT2D eigenvalue weighted by molar-refractivity contribution is 6.22. The molecule has 0 atom stereocenters. The van der Waals surface area contributed by atoms with E-state index in [-0.39, 0.29) is 0 Å². The van der Waals surface area contributed by atoms with Crippen molar-refractivity contribution in [1.29, 1.82) is 0 Å². The van der Waals surface area contributed by atoms with Gasteiger partial charge < -0.3 is 14.2 Å². The summed E-state index contributed by atoms with van der Waals surface area (Å²) in [5, 5.41) is 5.61. The molecular weight excluding hydrogens is 681 g/mol. The molecule has 5 heterocycles. The fourth-order valence-corrected chi connectivity index (χ4v) is 8.76. The second kappa shape index (κ2) is 10.5. The van der Waals surface area contributed by atoms with E-state index in [0.29, 0.717) is 5.95 Å². The van der Waals surface area contributed by atoms with Crippen LogP contribution >= 0.6 is 0 Å². The molecule has 7 nitrogen and oxygen atoms in total. The van der Waals surface area contributed by atoms with Gasteiger partial charge in [0.25, 0.3) is 0 Å². The number of ether oxygens (including phenoxy) is 3. The van der Waals surface area contributed by atoms with Gasteiger partial charge in [-0.1, -0.05) is 97.1 Å². The summed E-state index contributed by atoms with van der Waals surface area (Å²) in [6, 6.07) is 54.3. The van der Waals surface area contributed by atoms with E-state index in [1.165, 1.54) is 10.8 Å². The quantitative estimate of drug-likeness (QED) is 0.182. The molecule has 0 spiro atoms. The maximum Gasteiger partial charge on any atom is 0.235 e. The molecule has 7 heteroatoms. The molecule has 13 rings (SSSR count). The summed E-state index contributed by atoms with van der Waals surface area (Å²) in [6.07, 6.45) is 0. The monoisotopic (exact) mass is 706 g/mol. The Morgan fingerprint density at radius 3 is 1.76 bits per heavy atom. The van der Waals surface area contributed by atoms with Crippen molar-refractivity contribution in [2.24, 2.45) is 0 Å². The first-order valence-corrected chi connectivity index (χ1v) is 18.3. The first kappa shape index (κ1) is 28.9. The van der Waals surface area contributed by atoms with E-state index in [1.54, 1.807) is 0 Å². The Bertz CT molecular complexity index is 3240. The van der Waals surface area contributed by atoms with Crippen molar-refractivity contribution in [3.05, 3.63) is 158 Å². The van der Waals surface area contributed by atoms with Gasteiger partial charge in [0, 0.05) is 21.7 Å². The first-order valence-electron chi connectivity index (χ1n) is 18.3. The van der Waals surface area contributed by atoms with Gasteiger partial charge in [-0.15, -0.1) is 0 Å². The third-order valence-corrected chi connectivity index (χ3v) is 11.1. The second-order valence-electron chi connectivity index (χ2n) is 14.2. The minimum Gasteiger partial charge on any atom is -0.453 e. The molecule has 0 fully saturated rings. The number of nitrogens with zero attached hydrogens (tertiary/aromatic N) is 4. The van der Waals surface area contributed by atoms with Crippen molar-refractivity contribution in [2.45, 2.75) is 0 Å². The van der Waals surface area contributed by atoms with Crippen LogP contribution in [0.25, 0.3) is 71.8 Å². The summed E-state index contributed by atoms with van der Waals surface area (Å²) in [5.41, 5.74) is 9.58. The lowest BCUT2D eigenvalue weighted by molar-refractivity contribution is 0.418. The van der Waals surface area contributed by atoms with Gasteiger partial charge >= 0.3 is 0 Å². The van der Waals surface area contributed by atoms with Crippen molar-refractivity contribution in [1.82, 2.24) is 14.5 Å². The van der Waals surface area contributed by atoms with Crippen molar-refractivity contribution in [3.8, 4) is 62.8 Å². The summed E-state index contributed by atoms with van der Waals surface area (Å²) >= 11 is 0. The Labute approximate surface area is 313 Å². The molecule has 10 aromatic rings. The minimum absolute atomic E-state index is 0.627. The number of fused-ring (bicyclic) bond motifs is 6. The third kappa shape index (κ3) is 3.93. The highest BCUT2D eigenvalue weighted by Gasteiger charge is 2.41. The lowest BCUT2D eigenvalue weighted by Gasteiger charge is -2.41. The maximum absolute atomic E-state index is 6.65. The Morgan fingerprint density at radius 1 is 0.400 bits per heavy atom. The van der Waals surface area contributed by atoms with Crippen LogP contribution in [-0.4, -0.2) is 14.5 Å². The largest absolute Gasteiger partial charge is 0.453 e. The van der Waals surface area contributed by atoms with Crippen molar-refractivity contribution >= 4 is 60.5 Å². The molecule has 0 radical (unpaired) electrons. The van der Waals surface area contributed by atoms with E-state index in [2.05, 4.69) is 113 Å². The summed E-state index contributed by atoms with van der Waals surface area (Å²) in [4.78, 5) is 12.7. The summed E-state index contributed by atoms with van der Waals surface area (Å²) in [6.45, 7) is 0. The van der Waals surface area contributed by atoms with Crippen LogP contribution in [-0.2, 0) is 0 Å². The summed E-state index contributed by atoms with van der Waals surface area (Å²) < 4.78 is 21.8. The lowest BCUT2D eigenvalue weighted by Crippen LogP contribution is -2.23. The van der Waals surface area contributed by atoms with Gasteiger partial charge in [0.2, 0.25) is 5.95 Å². The molecule has 8 aromatic carbocycles. The normalized spacial score (nSPS) is 13.1. The predicted molar refractivity (Wildman–Crippen MR) is 217 cm³/mol. The Morgan fingerprint density at radius 2 is 1.02 bits per heavy atom. The number of para-hydroxylation sites is 3. The van der Waals surface area contributed by atoms with Crippen LogP contribution < -0.4 is 19.1 Å². The van der Waals surface area contributed by atoms with Crippen LogP contribution in [0.2, 0.25) is 0 Å². The molecular formula is C48H26N4O3. The van der Waals surface area contributed by atoms with Gasteiger partial charge in [0.05, 0.1) is 22.2 Å². The van der Waals surface area contributed by atoms with Crippen LogP contribution in [0.15, 0.2) is 158 Å². The average molecular weight is 707 g/mol. The van der Waals surface area contributed by atoms with Crippen molar-refractivity contribution < 1.29 is 14.2 Å². The number of hydrogen-bond acceptors (Lipinski definition) is 6. The molecule has 0 amide bonds. The Balaban J connectivity index is 1.05. The molecule has 0 saturated heterocycles. The molecule has 256 valence electrons. The smallest absolute Gasteiger partial charge is 0.235 e. The molecule has 55 heavy (non-hydrogen) atoms. The molecule has 2 aromatic heterocycles. The fourth-order valence-electron chi connectivity index (χ4n) is 8.76. The van der Waals surface area contributed by atoms with Crippen molar-refractivity contribution in [3.63, 3.8) is 0 Å². The van der Waals surface area contributed by atoms with E-state index in [0.717, 1.165) is 107 Å². The molecule has 0 saturated carbocycles. The van der Waals surface area contributed by atoms with Crippen molar-refractivity contribution in [2.75, 3.05) is 4.90 Å². The lowest BCUT2D eigenvalue weighted by atomic mass is 9.98. The predicted octanol–water partition coefficient (Wildman–Crippen LogP) is 13.0. The average Bonchev–Trinajstić information content (AvgIpc) is 3.58. The fraction of sp³-hybridized carbons (Fsp3) is 0. The molecule has 0 N–H and O–H groups in total. The molecule has 3 aliphatic rings. The third-order valence-electron chi connectivity index (χ3n) is 11.1. The highest BCUT2D eigenvalue weighted by atomic mass is 16.5. The zero-order valence-corrected chi connectivity index (χ0v) is 29.0. The molecule has 0 unspecified atom stereocenters. The van der Waals surface area contributed by atoms with Crippen LogP contribution in [0, 0.1) is 0 Å². The molecule has 0 aliphatic carbocycles. The van der Waals surface area contributed by atoms with Crippen LogP contribution in [0.4, 0.5) is 17.1 Å². The maximum atomic E-state index is 6.65. The van der Waals surface area contributed by atoms with Gasteiger partial charge in [0.1, 0.15) is 17.1 Å². The number of benzene rings is 8. The standard InChI is InChI=1S/C48H26N4O3/c1-2-11-28(12-3-1)44-32-14-6-7-15-34(32)49-48(50-44)51-35-22-21-29(24-33(35)43-31-13-5-4-10-27(31)20-23-36(43)51)30-25-41-47-42(26-30)55-40-19-9-17-38-46(40)52(47)45-37(53-38)16-8-18-39(45)54-41/h1-26H. The summed E-state index contributed by atoms with van der Waals surface area (Å²) in [7, 11) is 0. The number of rotatable bonds is 3. The van der Waals surface area contributed by atoms with Gasteiger partial charge in [-0.2, -0.15) is 0 Å². The Kier molecular flexibility index (Phi) is 5.51. The van der Waals surface area contributed by atoms with E-state index < -0.39 is 0 Å². The van der Waals surface area contributed by atoms with Gasteiger partial charge in [0.15, 0.2) is 34.5 Å². The number of anilines is 3. The van der Waals surface area contributed by atoms with Crippen LogP contribution in [0.3, 0.4) is 0 Å². The van der Waals surface area contributed by atoms with E-state index in [1.807, 2.05) is 54.6 Å². The van der Waals surface area contributed by atoms with E-state index in [9.17, 15) is 0 Å². The SMILES string of the molecule is c1ccc(-c2nc(-n3c4ccc(-c5cc6c7c(c5)Oc5cccc8c5N7c5c(cccc5O6)O8)cc4c4c5ccccc5ccc43)nc3ccccc23)cc1.